The molecule has 1 aromatic carbocycles. The number of imidazole rings is 1. The quantitative estimate of drug-likeness (QED) is 0.427. The van der Waals surface area contributed by atoms with Gasteiger partial charge in [0.2, 0.25) is 0 Å². The van der Waals surface area contributed by atoms with Gasteiger partial charge < -0.3 is 19.6 Å². The van der Waals surface area contributed by atoms with Gasteiger partial charge in [-0.05, 0) is 29.7 Å². The average molecular weight is 473 g/mol. The van der Waals surface area contributed by atoms with Crippen LogP contribution < -0.4 is 5.32 Å². The van der Waals surface area contributed by atoms with Crippen molar-refractivity contribution in [2.75, 3.05) is 32.8 Å². The van der Waals surface area contributed by atoms with Gasteiger partial charge in [-0.2, -0.15) is 5.10 Å². The molecule has 0 bridgehead atoms. The zero-order valence-electron chi connectivity index (χ0n) is 19.4. The maximum absolute atomic E-state index is 12.7. The summed E-state index contributed by atoms with van der Waals surface area (Å²) >= 11 is 0. The Morgan fingerprint density at radius 1 is 1.11 bits per heavy atom. The largest absolute Gasteiger partial charge is 0.390 e. The standard InChI is InChI=1S/C26H28N6O3/c33-23(14-30-8-7-18-3-1-2-4-19(18)11-30)10-27-26(34)24-15-31-12-20(5-6-25(31)29-24)21-9-28-32(13-21)22-16-35-17-22/h1-6,9,12-13,15,22-23,33H,7-8,10-11,14,16-17H2,(H,27,34). The molecule has 0 radical (unpaired) electrons. The molecule has 9 nitrogen and oxygen atoms in total. The summed E-state index contributed by atoms with van der Waals surface area (Å²) < 4.78 is 9.02. The molecule has 4 aromatic rings. The van der Waals surface area contributed by atoms with Crippen molar-refractivity contribution in [1.82, 2.24) is 29.4 Å². The molecule has 6 rings (SSSR count). The van der Waals surface area contributed by atoms with E-state index >= 15 is 0 Å². The number of pyridine rings is 1. The van der Waals surface area contributed by atoms with Gasteiger partial charge in [0.1, 0.15) is 11.3 Å². The molecule has 9 heteroatoms. The van der Waals surface area contributed by atoms with Gasteiger partial charge in [0.05, 0.1) is 31.6 Å². The Kier molecular flexibility index (Phi) is 5.81. The van der Waals surface area contributed by atoms with E-state index in [0.717, 1.165) is 30.6 Å². The number of fused-ring (bicyclic) bond motifs is 2. The van der Waals surface area contributed by atoms with Gasteiger partial charge in [-0.15, -0.1) is 0 Å². The normalized spacial score (nSPS) is 17.2. The maximum Gasteiger partial charge on any atom is 0.271 e. The Balaban J connectivity index is 1.06. The minimum Gasteiger partial charge on any atom is -0.390 e. The van der Waals surface area contributed by atoms with Crippen molar-refractivity contribution in [2.45, 2.75) is 25.1 Å². The van der Waals surface area contributed by atoms with Gasteiger partial charge in [-0.25, -0.2) is 4.98 Å². The molecule has 2 aliphatic rings. The van der Waals surface area contributed by atoms with Gasteiger partial charge in [0.25, 0.3) is 5.91 Å². The molecule has 2 N–H and O–H groups in total. The molecule has 0 spiro atoms. The molecule has 1 saturated heterocycles. The summed E-state index contributed by atoms with van der Waals surface area (Å²) in [6.45, 7) is 3.82. The molecule has 1 amide bonds. The van der Waals surface area contributed by atoms with E-state index in [-0.39, 0.29) is 12.5 Å². The van der Waals surface area contributed by atoms with Crippen LogP contribution in [0.1, 0.15) is 27.7 Å². The van der Waals surface area contributed by atoms with Crippen LogP contribution in [0.25, 0.3) is 16.8 Å². The van der Waals surface area contributed by atoms with Crippen LogP contribution in [0, 0.1) is 0 Å². The number of aliphatic hydroxyl groups excluding tert-OH is 1. The lowest BCUT2D eigenvalue weighted by atomic mass is 10.00. The summed E-state index contributed by atoms with van der Waals surface area (Å²) in [6.07, 6.45) is 7.85. The first kappa shape index (κ1) is 22.0. The van der Waals surface area contributed by atoms with Crippen molar-refractivity contribution in [3.63, 3.8) is 0 Å². The van der Waals surface area contributed by atoms with Crippen LogP contribution in [0.5, 0.6) is 0 Å². The summed E-state index contributed by atoms with van der Waals surface area (Å²) in [5, 5.41) is 17.8. The minimum absolute atomic E-state index is 0.181. The average Bonchev–Trinajstić information content (AvgIpc) is 3.48. The molecule has 0 aliphatic carbocycles. The second-order valence-electron chi connectivity index (χ2n) is 9.33. The van der Waals surface area contributed by atoms with E-state index < -0.39 is 6.10 Å². The van der Waals surface area contributed by atoms with Crippen molar-refractivity contribution < 1.29 is 14.6 Å². The van der Waals surface area contributed by atoms with Crippen molar-refractivity contribution in [1.29, 1.82) is 0 Å². The number of aromatic nitrogens is 4. The predicted octanol–water partition coefficient (Wildman–Crippen LogP) is 1.92. The Hall–Kier alpha value is -3.53. The lowest BCUT2D eigenvalue weighted by molar-refractivity contribution is -0.0286. The van der Waals surface area contributed by atoms with E-state index in [1.54, 1.807) is 6.20 Å². The van der Waals surface area contributed by atoms with Crippen molar-refractivity contribution in [3.05, 3.63) is 78.0 Å². The Morgan fingerprint density at radius 3 is 2.80 bits per heavy atom. The molecule has 3 aromatic heterocycles. The number of carbonyl (C=O) groups excluding carboxylic acids is 1. The second-order valence-corrected chi connectivity index (χ2v) is 9.33. The number of nitrogens with one attached hydrogen (secondary N) is 1. The number of hydrogen-bond acceptors (Lipinski definition) is 6. The van der Waals surface area contributed by atoms with E-state index in [9.17, 15) is 9.90 Å². The van der Waals surface area contributed by atoms with Gasteiger partial charge in [-0.3, -0.25) is 14.4 Å². The highest BCUT2D eigenvalue weighted by molar-refractivity contribution is 5.92. The van der Waals surface area contributed by atoms with Crippen molar-refractivity contribution in [3.8, 4) is 11.1 Å². The van der Waals surface area contributed by atoms with E-state index in [0.29, 0.717) is 37.1 Å². The number of nitrogens with zero attached hydrogens (tertiary/aromatic N) is 5. The smallest absolute Gasteiger partial charge is 0.271 e. The molecule has 1 atom stereocenters. The number of rotatable bonds is 7. The highest BCUT2D eigenvalue weighted by atomic mass is 16.5. The number of carbonyl (C=O) groups is 1. The SMILES string of the molecule is O=C(NCC(O)CN1CCc2ccccc2C1)c1cn2cc(-c3cnn(C4COC4)c3)ccc2n1. The van der Waals surface area contributed by atoms with Crippen molar-refractivity contribution >= 4 is 11.6 Å². The topological polar surface area (TPSA) is 96.9 Å². The summed E-state index contributed by atoms with van der Waals surface area (Å²) in [5.74, 6) is -0.295. The van der Waals surface area contributed by atoms with Crippen LogP contribution in [0.2, 0.25) is 0 Å². The maximum atomic E-state index is 12.7. The number of amides is 1. The minimum atomic E-state index is -0.648. The van der Waals surface area contributed by atoms with Gasteiger partial charge in [-0.1, -0.05) is 24.3 Å². The Morgan fingerprint density at radius 2 is 1.97 bits per heavy atom. The number of benzene rings is 1. The molecular weight excluding hydrogens is 444 g/mol. The zero-order valence-corrected chi connectivity index (χ0v) is 19.4. The predicted molar refractivity (Wildman–Crippen MR) is 130 cm³/mol. The van der Waals surface area contributed by atoms with Gasteiger partial charge in [0.15, 0.2) is 0 Å². The third-order valence-electron chi connectivity index (χ3n) is 6.79. The fourth-order valence-electron chi connectivity index (χ4n) is 4.71. The zero-order chi connectivity index (χ0) is 23.8. The number of aliphatic hydroxyl groups is 1. The fourth-order valence-corrected chi connectivity index (χ4v) is 4.71. The van der Waals surface area contributed by atoms with Crippen LogP contribution >= 0.6 is 0 Å². The molecule has 1 fully saturated rings. The molecule has 0 saturated carbocycles. The first-order chi connectivity index (χ1) is 17.1. The molecule has 35 heavy (non-hydrogen) atoms. The number of β-amino-alcohol motifs (C(OH)–C–C–N with tert-alkyl or cyclic N) is 1. The van der Waals surface area contributed by atoms with Crippen LogP contribution in [0.15, 0.2) is 61.2 Å². The number of ether oxygens (including phenoxy) is 1. The van der Waals surface area contributed by atoms with Crippen LogP contribution in [0.3, 0.4) is 0 Å². The lowest BCUT2D eigenvalue weighted by Gasteiger charge is -2.30. The lowest BCUT2D eigenvalue weighted by Crippen LogP contribution is -2.42. The summed E-state index contributed by atoms with van der Waals surface area (Å²) in [7, 11) is 0. The second kappa shape index (κ2) is 9.26. The summed E-state index contributed by atoms with van der Waals surface area (Å²) in [6, 6.07) is 12.6. The summed E-state index contributed by atoms with van der Waals surface area (Å²) in [5.41, 5.74) is 5.69. The fraction of sp³-hybridized carbons (Fsp3) is 0.346. The van der Waals surface area contributed by atoms with Crippen LogP contribution in [-0.2, 0) is 17.7 Å². The molecule has 180 valence electrons. The Bertz CT molecular complexity index is 1360. The van der Waals surface area contributed by atoms with Crippen LogP contribution in [0.4, 0.5) is 0 Å². The molecule has 2 aliphatic heterocycles. The van der Waals surface area contributed by atoms with E-state index in [1.165, 1.54) is 11.1 Å². The monoisotopic (exact) mass is 472 g/mol. The summed E-state index contributed by atoms with van der Waals surface area (Å²) in [4.78, 5) is 19.4. The number of hydrogen-bond donors (Lipinski definition) is 2. The first-order valence-corrected chi connectivity index (χ1v) is 12.0. The molecule has 1 unspecified atom stereocenters. The van der Waals surface area contributed by atoms with Crippen LogP contribution in [-0.4, -0.2) is 74.0 Å². The Labute approximate surface area is 203 Å². The highest BCUT2D eigenvalue weighted by Crippen LogP contribution is 2.23. The van der Waals surface area contributed by atoms with E-state index in [1.807, 2.05) is 39.8 Å². The molecular formula is C26H28N6O3. The first-order valence-electron chi connectivity index (χ1n) is 12.0. The van der Waals surface area contributed by atoms with Gasteiger partial charge in [0, 0.05) is 55.9 Å². The van der Waals surface area contributed by atoms with E-state index in [2.05, 4.69) is 44.6 Å². The highest BCUT2D eigenvalue weighted by Gasteiger charge is 2.22. The van der Waals surface area contributed by atoms with E-state index in [4.69, 9.17) is 4.74 Å². The third kappa shape index (κ3) is 4.58. The van der Waals surface area contributed by atoms with Gasteiger partial charge >= 0.3 is 0 Å². The molecule has 5 heterocycles. The van der Waals surface area contributed by atoms with Crippen molar-refractivity contribution in [2.24, 2.45) is 0 Å². The third-order valence-corrected chi connectivity index (χ3v) is 6.79.